The van der Waals surface area contributed by atoms with Gasteiger partial charge in [-0.3, -0.25) is 9.69 Å². The quantitative estimate of drug-likeness (QED) is 0.847. The van der Waals surface area contributed by atoms with Gasteiger partial charge in [0.1, 0.15) is 0 Å². The number of likely N-dealkylation sites (N-methyl/N-ethyl adjacent to an activating group) is 1. The Morgan fingerprint density at radius 2 is 1.79 bits per heavy atom. The summed E-state index contributed by atoms with van der Waals surface area (Å²) in [7, 11) is 2.16. The van der Waals surface area contributed by atoms with E-state index in [-0.39, 0.29) is 5.91 Å². The largest absolute Gasteiger partial charge is 0.399 e. The Hall–Kier alpha value is -2.37. The van der Waals surface area contributed by atoms with Crippen LogP contribution in [0.1, 0.15) is 15.9 Å². The molecule has 0 atom stereocenters. The highest BCUT2D eigenvalue weighted by molar-refractivity contribution is 6.04. The molecule has 5 nitrogen and oxygen atoms in total. The van der Waals surface area contributed by atoms with Crippen molar-refractivity contribution in [2.24, 2.45) is 0 Å². The Morgan fingerprint density at radius 3 is 2.46 bits per heavy atom. The van der Waals surface area contributed by atoms with Gasteiger partial charge in [0.15, 0.2) is 0 Å². The van der Waals surface area contributed by atoms with Gasteiger partial charge in [-0.15, -0.1) is 0 Å². The van der Waals surface area contributed by atoms with Gasteiger partial charge < -0.3 is 16.0 Å². The fourth-order valence-electron chi connectivity index (χ4n) is 2.84. The maximum absolute atomic E-state index is 12.2. The average molecular weight is 324 g/mol. The molecule has 0 aliphatic carbocycles. The van der Waals surface area contributed by atoms with Gasteiger partial charge in [0, 0.05) is 49.7 Å². The summed E-state index contributed by atoms with van der Waals surface area (Å²) in [5.41, 5.74) is 8.93. The third-order valence-corrected chi connectivity index (χ3v) is 4.36. The first kappa shape index (κ1) is 16.5. The number of hydrogen-bond donors (Lipinski definition) is 2. The molecule has 0 unspecified atom stereocenters. The summed E-state index contributed by atoms with van der Waals surface area (Å²) in [5.74, 6) is -0.144. The van der Waals surface area contributed by atoms with Crippen molar-refractivity contribution < 1.29 is 4.79 Å². The molecule has 126 valence electrons. The maximum atomic E-state index is 12.2. The number of benzene rings is 2. The third-order valence-electron chi connectivity index (χ3n) is 4.36. The molecule has 0 saturated carbocycles. The van der Waals surface area contributed by atoms with Crippen LogP contribution in [0.2, 0.25) is 0 Å². The monoisotopic (exact) mass is 324 g/mol. The van der Waals surface area contributed by atoms with Crippen LogP contribution >= 0.6 is 0 Å². The fourth-order valence-corrected chi connectivity index (χ4v) is 2.84. The van der Waals surface area contributed by atoms with Crippen molar-refractivity contribution in [1.82, 2.24) is 9.80 Å². The number of carbonyl (C=O) groups is 1. The van der Waals surface area contributed by atoms with Gasteiger partial charge >= 0.3 is 0 Å². The molecular weight excluding hydrogens is 300 g/mol. The number of amides is 1. The molecule has 1 amide bonds. The van der Waals surface area contributed by atoms with Gasteiger partial charge in [-0.25, -0.2) is 0 Å². The Bertz CT molecular complexity index is 691. The number of nitrogens with one attached hydrogen (secondary N) is 1. The highest BCUT2D eigenvalue weighted by atomic mass is 16.1. The number of anilines is 2. The molecule has 1 heterocycles. The molecule has 0 radical (unpaired) electrons. The van der Waals surface area contributed by atoms with Gasteiger partial charge in [-0.05, 0) is 42.9 Å². The van der Waals surface area contributed by atoms with E-state index in [0.717, 1.165) is 38.4 Å². The first-order chi connectivity index (χ1) is 11.6. The van der Waals surface area contributed by atoms with Gasteiger partial charge in [0.05, 0.1) is 0 Å². The average Bonchev–Trinajstić information content (AvgIpc) is 2.59. The zero-order chi connectivity index (χ0) is 16.9. The summed E-state index contributed by atoms with van der Waals surface area (Å²) < 4.78 is 0. The van der Waals surface area contributed by atoms with Crippen LogP contribution < -0.4 is 11.1 Å². The van der Waals surface area contributed by atoms with E-state index in [1.54, 1.807) is 24.3 Å². The van der Waals surface area contributed by atoms with Crippen molar-refractivity contribution in [2.75, 3.05) is 44.3 Å². The maximum Gasteiger partial charge on any atom is 0.255 e. The number of nitrogens with two attached hydrogens (primary N) is 1. The normalized spacial score (nSPS) is 16.0. The van der Waals surface area contributed by atoms with E-state index in [2.05, 4.69) is 34.3 Å². The third kappa shape index (κ3) is 4.34. The number of rotatable bonds is 4. The van der Waals surface area contributed by atoms with Crippen LogP contribution in [0.25, 0.3) is 0 Å². The second kappa shape index (κ2) is 7.47. The number of piperazine rings is 1. The summed E-state index contributed by atoms with van der Waals surface area (Å²) >= 11 is 0. The van der Waals surface area contributed by atoms with Gasteiger partial charge in [-0.2, -0.15) is 0 Å². The van der Waals surface area contributed by atoms with E-state index < -0.39 is 0 Å². The van der Waals surface area contributed by atoms with Crippen LogP contribution in [0.5, 0.6) is 0 Å². The summed E-state index contributed by atoms with van der Waals surface area (Å²) in [6.45, 7) is 5.40. The van der Waals surface area contributed by atoms with E-state index in [9.17, 15) is 4.79 Å². The molecule has 0 spiro atoms. The standard InChI is InChI=1S/C19H24N4O/c1-22-9-11-23(12-10-22)14-15-5-7-18(8-6-15)21-19(24)16-3-2-4-17(20)13-16/h2-8,13H,9-12,14,20H2,1H3,(H,21,24). The van der Waals surface area contributed by atoms with E-state index in [1.165, 1.54) is 5.56 Å². The van der Waals surface area contributed by atoms with Crippen LogP contribution in [0.15, 0.2) is 48.5 Å². The van der Waals surface area contributed by atoms with Gasteiger partial charge in [-0.1, -0.05) is 18.2 Å². The minimum absolute atomic E-state index is 0.144. The lowest BCUT2D eigenvalue weighted by Crippen LogP contribution is -2.43. The molecule has 3 N–H and O–H groups in total. The smallest absolute Gasteiger partial charge is 0.255 e. The van der Waals surface area contributed by atoms with E-state index in [0.29, 0.717) is 11.3 Å². The summed E-state index contributed by atoms with van der Waals surface area (Å²) in [4.78, 5) is 17.0. The van der Waals surface area contributed by atoms with Crippen molar-refractivity contribution in [3.8, 4) is 0 Å². The minimum Gasteiger partial charge on any atom is -0.399 e. The second-order valence-corrected chi connectivity index (χ2v) is 6.36. The molecule has 0 bridgehead atoms. The second-order valence-electron chi connectivity index (χ2n) is 6.36. The predicted molar refractivity (Wildman–Crippen MR) is 98.0 cm³/mol. The van der Waals surface area contributed by atoms with E-state index in [4.69, 9.17) is 5.73 Å². The molecule has 1 aliphatic rings. The molecule has 1 fully saturated rings. The number of nitrogen functional groups attached to an aromatic ring is 1. The molecule has 3 rings (SSSR count). The van der Waals surface area contributed by atoms with Gasteiger partial charge in [0.2, 0.25) is 0 Å². The summed E-state index contributed by atoms with van der Waals surface area (Å²) in [5, 5.41) is 2.91. The zero-order valence-electron chi connectivity index (χ0n) is 14.0. The summed E-state index contributed by atoms with van der Waals surface area (Å²) in [6, 6.07) is 15.0. The number of carbonyl (C=O) groups excluding carboxylic acids is 1. The van der Waals surface area contributed by atoms with Crippen molar-refractivity contribution in [2.45, 2.75) is 6.54 Å². The lowest BCUT2D eigenvalue weighted by atomic mass is 10.1. The molecule has 1 aliphatic heterocycles. The molecule has 2 aromatic rings. The molecule has 2 aromatic carbocycles. The van der Waals surface area contributed by atoms with Gasteiger partial charge in [0.25, 0.3) is 5.91 Å². The molecular formula is C19H24N4O. The highest BCUT2D eigenvalue weighted by Gasteiger charge is 2.13. The SMILES string of the molecule is CN1CCN(Cc2ccc(NC(=O)c3cccc(N)c3)cc2)CC1. The first-order valence-corrected chi connectivity index (χ1v) is 8.27. The number of nitrogens with zero attached hydrogens (tertiary/aromatic N) is 2. The lowest BCUT2D eigenvalue weighted by Gasteiger charge is -2.32. The van der Waals surface area contributed by atoms with E-state index >= 15 is 0 Å². The van der Waals surface area contributed by atoms with Crippen molar-refractivity contribution in [3.63, 3.8) is 0 Å². The van der Waals surface area contributed by atoms with Crippen molar-refractivity contribution in [1.29, 1.82) is 0 Å². The molecule has 5 heteroatoms. The van der Waals surface area contributed by atoms with Crippen LogP contribution in [0.4, 0.5) is 11.4 Å². The van der Waals surface area contributed by atoms with Crippen LogP contribution in [0.3, 0.4) is 0 Å². The van der Waals surface area contributed by atoms with Crippen LogP contribution in [-0.2, 0) is 6.54 Å². The Kier molecular flexibility index (Phi) is 5.13. The van der Waals surface area contributed by atoms with Crippen LogP contribution in [-0.4, -0.2) is 48.9 Å². The molecule has 0 aromatic heterocycles. The Balaban J connectivity index is 1.57. The first-order valence-electron chi connectivity index (χ1n) is 8.27. The predicted octanol–water partition coefficient (Wildman–Crippen LogP) is 2.27. The zero-order valence-corrected chi connectivity index (χ0v) is 14.0. The highest BCUT2D eigenvalue weighted by Crippen LogP contribution is 2.15. The number of hydrogen-bond acceptors (Lipinski definition) is 4. The van der Waals surface area contributed by atoms with Crippen molar-refractivity contribution in [3.05, 3.63) is 59.7 Å². The summed E-state index contributed by atoms with van der Waals surface area (Å²) in [6.07, 6.45) is 0. The Labute approximate surface area is 143 Å². The molecule has 1 saturated heterocycles. The lowest BCUT2D eigenvalue weighted by molar-refractivity contribution is 0.102. The van der Waals surface area contributed by atoms with Crippen LogP contribution in [0, 0.1) is 0 Å². The fraction of sp³-hybridized carbons (Fsp3) is 0.316. The minimum atomic E-state index is -0.144. The molecule has 24 heavy (non-hydrogen) atoms. The van der Waals surface area contributed by atoms with Crippen molar-refractivity contribution >= 4 is 17.3 Å². The topological polar surface area (TPSA) is 61.6 Å². The van der Waals surface area contributed by atoms with E-state index in [1.807, 2.05) is 12.1 Å². The Morgan fingerprint density at radius 1 is 1.08 bits per heavy atom.